The molecule has 0 spiro atoms. The van der Waals surface area contributed by atoms with Gasteiger partial charge in [0.25, 0.3) is 24.2 Å². The third-order valence-electron chi connectivity index (χ3n) is 0. The van der Waals surface area contributed by atoms with Gasteiger partial charge < -0.3 is 20.4 Å². The highest BCUT2D eigenvalue weighted by Crippen LogP contribution is 1.42. The molecule has 0 aromatic heterocycles. The van der Waals surface area contributed by atoms with Crippen LogP contribution in [0.25, 0.3) is 0 Å². The minimum absolute atomic E-state index is 0.750. The van der Waals surface area contributed by atoms with Crippen LogP contribution in [0.5, 0.6) is 0 Å². The van der Waals surface area contributed by atoms with Crippen molar-refractivity contribution in [2.75, 3.05) is 0 Å². The molecule has 0 aromatic carbocycles. The van der Waals surface area contributed by atoms with Gasteiger partial charge >= 0.3 is 0 Å². The lowest BCUT2D eigenvalue weighted by Gasteiger charge is -1.59. The van der Waals surface area contributed by atoms with Crippen LogP contribution in [0, 0.1) is 11.5 Å². The number of rotatable bonds is 0. The summed E-state index contributed by atoms with van der Waals surface area (Å²) in [7, 11) is 0. The lowest BCUT2D eigenvalue weighted by molar-refractivity contribution is -0.135. The second-order valence-corrected chi connectivity index (χ2v) is 1.66. The smallest absolute Gasteiger partial charge is 0.300 e. The highest BCUT2D eigenvalue weighted by Gasteiger charge is 1.66. The average Bonchev–Trinajstić information content (AvgIpc) is 1.81. The Kier molecular flexibility index (Phi) is 34.6. The standard InChI is InChI=1S/3C2H4O2.CHNO/c3*1-2(3)4;2-1-3/h3*1H3,(H,3,4);3H. The molecule has 0 bridgehead atoms. The summed E-state index contributed by atoms with van der Waals surface area (Å²) >= 11 is 0. The molecule has 0 aliphatic heterocycles. The summed E-state index contributed by atoms with van der Waals surface area (Å²) in [4.78, 5) is 27.0. The van der Waals surface area contributed by atoms with Crippen molar-refractivity contribution in [3.05, 3.63) is 0 Å². The predicted octanol–water partition coefficient (Wildman–Crippen LogP) is 0.113. The summed E-state index contributed by atoms with van der Waals surface area (Å²) in [5.74, 6) is -2.50. The van der Waals surface area contributed by atoms with E-state index in [1.165, 1.54) is 0 Å². The molecule has 0 amide bonds. The summed E-state index contributed by atoms with van der Waals surface area (Å²) in [5, 5.41) is 36.0. The summed E-state index contributed by atoms with van der Waals surface area (Å²) in [6.07, 6.45) is 0.750. The monoisotopic (exact) mass is 223 g/mol. The van der Waals surface area contributed by atoms with Crippen molar-refractivity contribution in [2.45, 2.75) is 20.8 Å². The van der Waals surface area contributed by atoms with Crippen LogP contribution in [-0.4, -0.2) is 38.3 Å². The molecule has 0 fully saturated rings. The third-order valence-corrected chi connectivity index (χ3v) is 0. The van der Waals surface area contributed by atoms with Crippen LogP contribution in [-0.2, 0) is 14.4 Å². The first-order valence-electron chi connectivity index (χ1n) is 3.23. The second kappa shape index (κ2) is 22.6. The van der Waals surface area contributed by atoms with Crippen molar-refractivity contribution >= 4 is 17.9 Å². The second-order valence-electron chi connectivity index (χ2n) is 1.66. The van der Waals surface area contributed by atoms with Crippen molar-refractivity contribution in [3.63, 3.8) is 0 Å². The van der Waals surface area contributed by atoms with Crippen LogP contribution < -0.4 is 0 Å². The van der Waals surface area contributed by atoms with Gasteiger partial charge in [0.2, 0.25) is 0 Å². The molecule has 0 unspecified atom stereocenters. The molecule has 15 heavy (non-hydrogen) atoms. The van der Waals surface area contributed by atoms with E-state index in [1.54, 1.807) is 0 Å². The zero-order chi connectivity index (χ0) is 13.4. The van der Waals surface area contributed by atoms with E-state index in [0.717, 1.165) is 27.0 Å². The van der Waals surface area contributed by atoms with E-state index in [4.69, 9.17) is 40.1 Å². The number of hydrogen-bond acceptors (Lipinski definition) is 5. The Morgan fingerprint density at radius 2 is 0.867 bits per heavy atom. The lowest BCUT2D eigenvalue weighted by atomic mass is 10.9. The summed E-state index contributed by atoms with van der Waals surface area (Å²) in [5.41, 5.74) is 0. The van der Waals surface area contributed by atoms with E-state index in [9.17, 15) is 0 Å². The largest absolute Gasteiger partial charge is 0.481 e. The van der Waals surface area contributed by atoms with Crippen molar-refractivity contribution in [3.8, 4) is 6.26 Å². The maximum Gasteiger partial charge on any atom is 0.300 e. The van der Waals surface area contributed by atoms with Gasteiger partial charge in [-0.1, -0.05) is 0 Å². The Morgan fingerprint density at radius 3 is 0.867 bits per heavy atom. The molecule has 0 saturated carbocycles. The highest BCUT2D eigenvalue weighted by molar-refractivity contribution is 5.63. The number of nitriles is 1. The van der Waals surface area contributed by atoms with Crippen LogP contribution in [0.4, 0.5) is 0 Å². The average molecular weight is 223 g/mol. The molecular formula is C7H13NO7. The molecular weight excluding hydrogens is 210 g/mol. The molecule has 0 saturated heterocycles. The number of aliphatic hydroxyl groups is 1. The Balaban J connectivity index is -0.0000000542. The maximum absolute atomic E-state index is 9.00. The van der Waals surface area contributed by atoms with Crippen molar-refractivity contribution in [1.29, 1.82) is 5.26 Å². The van der Waals surface area contributed by atoms with Gasteiger partial charge in [0.15, 0.2) is 0 Å². The fourth-order valence-electron chi connectivity index (χ4n) is 0. The molecule has 8 heteroatoms. The predicted molar refractivity (Wildman–Crippen MR) is 47.5 cm³/mol. The molecule has 8 nitrogen and oxygen atoms in total. The topological polar surface area (TPSA) is 156 Å². The number of carbonyl (C=O) groups is 3. The van der Waals surface area contributed by atoms with Gasteiger partial charge in [-0.3, -0.25) is 14.4 Å². The number of carboxylic acids is 3. The van der Waals surface area contributed by atoms with Crippen LogP contribution in [0.15, 0.2) is 0 Å². The van der Waals surface area contributed by atoms with Crippen molar-refractivity contribution in [1.82, 2.24) is 0 Å². The van der Waals surface area contributed by atoms with Crippen molar-refractivity contribution < 1.29 is 34.8 Å². The van der Waals surface area contributed by atoms with Gasteiger partial charge in [0, 0.05) is 20.8 Å². The van der Waals surface area contributed by atoms with E-state index in [-0.39, 0.29) is 0 Å². The molecule has 0 aromatic rings. The first-order chi connectivity index (χ1) is 6.61. The molecule has 0 aliphatic carbocycles. The first kappa shape index (κ1) is 23.0. The minimum atomic E-state index is -0.833. The maximum atomic E-state index is 9.00. The van der Waals surface area contributed by atoms with Gasteiger partial charge in [0.05, 0.1) is 0 Å². The molecule has 4 N–H and O–H groups in total. The summed E-state index contributed by atoms with van der Waals surface area (Å²) in [6, 6.07) is 0. The first-order valence-corrected chi connectivity index (χ1v) is 3.23. The Labute approximate surface area is 86.0 Å². The quantitative estimate of drug-likeness (QED) is 0.421. The van der Waals surface area contributed by atoms with Crippen LogP contribution in [0.1, 0.15) is 20.8 Å². The van der Waals surface area contributed by atoms with Crippen LogP contribution in [0.2, 0.25) is 0 Å². The molecule has 0 heterocycles. The minimum Gasteiger partial charge on any atom is -0.481 e. The highest BCUT2D eigenvalue weighted by atomic mass is 16.4. The van der Waals surface area contributed by atoms with E-state index in [2.05, 4.69) is 0 Å². The van der Waals surface area contributed by atoms with Crippen LogP contribution >= 0.6 is 0 Å². The fraction of sp³-hybridized carbons (Fsp3) is 0.429. The summed E-state index contributed by atoms with van der Waals surface area (Å²) < 4.78 is 0. The summed E-state index contributed by atoms with van der Waals surface area (Å²) in [6.45, 7) is 3.25. The lowest BCUT2D eigenvalue weighted by Crippen LogP contribution is -1.78. The van der Waals surface area contributed by atoms with Gasteiger partial charge in [-0.15, -0.1) is 0 Å². The van der Waals surface area contributed by atoms with E-state index in [1.807, 2.05) is 0 Å². The molecule has 88 valence electrons. The normalized spacial score (nSPS) is 5.47. The van der Waals surface area contributed by atoms with E-state index in [0.29, 0.717) is 0 Å². The van der Waals surface area contributed by atoms with Crippen molar-refractivity contribution in [2.24, 2.45) is 0 Å². The van der Waals surface area contributed by atoms with E-state index >= 15 is 0 Å². The van der Waals surface area contributed by atoms with Gasteiger partial charge in [-0.2, -0.15) is 5.26 Å². The Morgan fingerprint density at radius 1 is 0.867 bits per heavy atom. The van der Waals surface area contributed by atoms with E-state index < -0.39 is 17.9 Å². The number of hydrogen-bond donors (Lipinski definition) is 4. The third kappa shape index (κ3) is 208. The fourth-order valence-corrected chi connectivity index (χ4v) is 0. The number of nitrogens with zero attached hydrogens (tertiary/aromatic N) is 1. The number of carboxylic acid groups (broad SMARTS) is 3. The zero-order valence-electron chi connectivity index (χ0n) is 8.46. The number of aliphatic carboxylic acids is 3. The molecule has 0 aliphatic rings. The molecule has 0 radical (unpaired) electrons. The Bertz CT molecular complexity index is 177. The van der Waals surface area contributed by atoms with Gasteiger partial charge in [-0.25, -0.2) is 0 Å². The molecule has 0 atom stereocenters. The van der Waals surface area contributed by atoms with Gasteiger partial charge in [0.1, 0.15) is 0 Å². The zero-order valence-corrected chi connectivity index (χ0v) is 8.46. The SMILES string of the molecule is CC(=O)O.CC(=O)O.CC(=O)O.N#CO. The number of aliphatic hydroxyl groups excluding tert-OH is 1. The Hall–Kier alpha value is -2.30. The molecule has 0 rings (SSSR count). The van der Waals surface area contributed by atoms with Crippen LogP contribution in [0.3, 0.4) is 0 Å². The van der Waals surface area contributed by atoms with Gasteiger partial charge in [-0.05, 0) is 0 Å².